The molecule has 0 spiro atoms. The van der Waals surface area contributed by atoms with E-state index in [1.54, 1.807) is 31.3 Å². The van der Waals surface area contributed by atoms with E-state index in [1.807, 2.05) is 12.1 Å². The molecule has 2 fully saturated rings. The van der Waals surface area contributed by atoms with Crippen LogP contribution < -0.4 is 25.2 Å². The number of fused-ring (bicyclic) bond motifs is 1. The normalized spacial score (nSPS) is 21.5. The van der Waals surface area contributed by atoms with E-state index in [4.69, 9.17) is 9.72 Å². The van der Waals surface area contributed by atoms with E-state index in [0.717, 1.165) is 63.1 Å². The van der Waals surface area contributed by atoms with Gasteiger partial charge in [0.2, 0.25) is 11.9 Å². The summed E-state index contributed by atoms with van der Waals surface area (Å²) in [7, 11) is 3.39. The molecule has 2 aliphatic carbocycles. The zero-order valence-electron chi connectivity index (χ0n) is 25.0. The number of ether oxygens (including phenoxy) is 1. The van der Waals surface area contributed by atoms with Gasteiger partial charge in [-0.05, 0) is 69.8 Å². The molecular weight excluding hydrogens is 518 g/mol. The zero-order chi connectivity index (χ0) is 28.9. The SMILES string of the molecule is CCN(CC)C1CCC(NC(=O)c2ccc(Nc3ncc4c(n3)N(C3CCCC3)CCC(=O)N4C)c(OC)c2)CC1. The largest absolute Gasteiger partial charge is 0.495 e. The Morgan fingerprint density at radius 3 is 2.51 bits per heavy atom. The first-order valence-corrected chi connectivity index (χ1v) is 15.3. The molecule has 10 nitrogen and oxygen atoms in total. The molecule has 2 saturated carbocycles. The van der Waals surface area contributed by atoms with Crippen LogP contribution in [0.5, 0.6) is 5.75 Å². The van der Waals surface area contributed by atoms with Crippen LogP contribution in [0.3, 0.4) is 0 Å². The minimum Gasteiger partial charge on any atom is -0.495 e. The van der Waals surface area contributed by atoms with Gasteiger partial charge in [0.15, 0.2) is 5.82 Å². The summed E-state index contributed by atoms with van der Waals surface area (Å²) in [4.78, 5) is 41.7. The summed E-state index contributed by atoms with van der Waals surface area (Å²) in [5, 5.41) is 6.53. The van der Waals surface area contributed by atoms with Crippen molar-refractivity contribution in [1.29, 1.82) is 0 Å². The standard InChI is InChI=1S/C31H45N7O3/c1-5-37(6-2)23-14-12-22(13-15-23)33-30(40)21-11-16-25(27(19-21)41-4)34-31-32-20-26-29(35-31)38(24-9-7-8-10-24)18-17-28(39)36(26)3/h11,16,19-20,22-24H,5-10,12-15,17-18H2,1-4H3,(H,33,40)(H,32,34,35). The lowest BCUT2D eigenvalue weighted by atomic mass is 9.90. The van der Waals surface area contributed by atoms with Crippen molar-refractivity contribution in [2.24, 2.45) is 0 Å². The maximum absolute atomic E-state index is 13.1. The van der Waals surface area contributed by atoms with Gasteiger partial charge in [0.05, 0.1) is 19.0 Å². The number of hydrogen-bond donors (Lipinski definition) is 2. The fourth-order valence-corrected chi connectivity index (χ4v) is 6.72. The maximum atomic E-state index is 13.1. The van der Waals surface area contributed by atoms with Gasteiger partial charge in [-0.25, -0.2) is 4.98 Å². The third kappa shape index (κ3) is 6.42. The smallest absolute Gasteiger partial charge is 0.251 e. The summed E-state index contributed by atoms with van der Waals surface area (Å²) in [6.07, 6.45) is 11.0. The van der Waals surface area contributed by atoms with Crippen LogP contribution in [0.2, 0.25) is 0 Å². The van der Waals surface area contributed by atoms with E-state index >= 15 is 0 Å². The molecule has 1 aromatic heterocycles. The number of nitrogens with one attached hydrogen (secondary N) is 2. The van der Waals surface area contributed by atoms with Gasteiger partial charge < -0.3 is 30.1 Å². The number of aromatic nitrogens is 2. The molecule has 0 atom stereocenters. The molecule has 10 heteroatoms. The third-order valence-corrected chi connectivity index (χ3v) is 9.16. The molecule has 1 aliphatic heterocycles. The molecule has 3 aliphatic rings. The van der Waals surface area contributed by atoms with Gasteiger partial charge in [0.1, 0.15) is 11.4 Å². The molecule has 2 heterocycles. The Labute approximate surface area is 243 Å². The Bertz CT molecular complexity index is 1220. The highest BCUT2D eigenvalue weighted by atomic mass is 16.5. The summed E-state index contributed by atoms with van der Waals surface area (Å²) in [5.74, 6) is 1.75. The van der Waals surface area contributed by atoms with Gasteiger partial charge in [-0.15, -0.1) is 0 Å². The Morgan fingerprint density at radius 2 is 1.83 bits per heavy atom. The fraction of sp³-hybridized carbons (Fsp3) is 0.613. The van der Waals surface area contributed by atoms with Crippen molar-refractivity contribution in [1.82, 2.24) is 20.2 Å². The summed E-state index contributed by atoms with van der Waals surface area (Å²) in [5.41, 5.74) is 1.97. The quantitative estimate of drug-likeness (QED) is 0.452. The third-order valence-electron chi connectivity index (χ3n) is 9.16. The van der Waals surface area contributed by atoms with E-state index in [9.17, 15) is 9.59 Å². The molecule has 1 aromatic carbocycles. The number of amides is 2. The van der Waals surface area contributed by atoms with Gasteiger partial charge >= 0.3 is 0 Å². The predicted octanol–water partition coefficient (Wildman–Crippen LogP) is 4.73. The minimum atomic E-state index is -0.0812. The first-order valence-electron chi connectivity index (χ1n) is 15.3. The van der Waals surface area contributed by atoms with Gasteiger partial charge in [0, 0.05) is 43.7 Å². The van der Waals surface area contributed by atoms with Crippen LogP contribution >= 0.6 is 0 Å². The first kappa shape index (κ1) is 29.1. The Morgan fingerprint density at radius 1 is 1.10 bits per heavy atom. The summed E-state index contributed by atoms with van der Waals surface area (Å²) in [6.45, 7) is 7.23. The van der Waals surface area contributed by atoms with Crippen molar-refractivity contribution in [3.05, 3.63) is 30.0 Å². The van der Waals surface area contributed by atoms with E-state index in [-0.39, 0.29) is 17.9 Å². The number of nitrogens with zero attached hydrogens (tertiary/aromatic N) is 5. The molecular formula is C31H45N7O3. The number of carbonyl (C=O) groups excluding carboxylic acids is 2. The fourth-order valence-electron chi connectivity index (χ4n) is 6.72. The van der Waals surface area contributed by atoms with Crippen LogP contribution in [0, 0.1) is 0 Å². The van der Waals surface area contributed by atoms with Crippen molar-refractivity contribution >= 4 is 35.0 Å². The molecule has 0 radical (unpaired) electrons. The van der Waals surface area contributed by atoms with Gasteiger partial charge in [-0.3, -0.25) is 9.59 Å². The number of rotatable bonds is 9. The molecule has 0 bridgehead atoms. The van der Waals surface area contributed by atoms with Gasteiger partial charge in [-0.2, -0.15) is 4.98 Å². The van der Waals surface area contributed by atoms with Gasteiger partial charge in [-0.1, -0.05) is 26.7 Å². The highest BCUT2D eigenvalue weighted by molar-refractivity contribution is 5.97. The molecule has 2 amide bonds. The first-order chi connectivity index (χ1) is 19.9. The average Bonchev–Trinajstić information content (AvgIpc) is 3.49. The van der Waals surface area contributed by atoms with Crippen LogP contribution in [0.4, 0.5) is 23.1 Å². The lowest BCUT2D eigenvalue weighted by Gasteiger charge is -2.36. The highest BCUT2D eigenvalue weighted by Gasteiger charge is 2.32. The number of anilines is 4. The van der Waals surface area contributed by atoms with Crippen molar-refractivity contribution in [2.45, 2.75) is 89.8 Å². The molecule has 0 saturated heterocycles. The number of carbonyl (C=O) groups is 2. The monoisotopic (exact) mass is 563 g/mol. The summed E-state index contributed by atoms with van der Waals surface area (Å²) in [6, 6.07) is 6.60. The number of hydrogen-bond acceptors (Lipinski definition) is 8. The lowest BCUT2D eigenvalue weighted by Crippen LogP contribution is -2.43. The topological polar surface area (TPSA) is 103 Å². The molecule has 2 aromatic rings. The molecule has 5 rings (SSSR count). The molecule has 0 unspecified atom stereocenters. The van der Waals surface area contributed by atoms with Crippen molar-refractivity contribution in [2.75, 3.05) is 48.9 Å². The Kier molecular flexibility index (Phi) is 9.27. The van der Waals surface area contributed by atoms with Crippen LogP contribution in [0.1, 0.15) is 82.0 Å². The van der Waals surface area contributed by atoms with Crippen LogP contribution in [0.25, 0.3) is 0 Å². The van der Waals surface area contributed by atoms with E-state index in [2.05, 4.69) is 39.3 Å². The molecule has 41 heavy (non-hydrogen) atoms. The van der Waals surface area contributed by atoms with E-state index < -0.39 is 0 Å². The highest BCUT2D eigenvalue weighted by Crippen LogP contribution is 2.37. The van der Waals surface area contributed by atoms with Crippen molar-refractivity contribution in [3.63, 3.8) is 0 Å². The summed E-state index contributed by atoms with van der Waals surface area (Å²) >= 11 is 0. The average molecular weight is 564 g/mol. The van der Waals surface area contributed by atoms with E-state index in [0.29, 0.717) is 48.0 Å². The van der Waals surface area contributed by atoms with Crippen LogP contribution in [0.15, 0.2) is 24.4 Å². The van der Waals surface area contributed by atoms with Crippen molar-refractivity contribution < 1.29 is 14.3 Å². The second-order valence-electron chi connectivity index (χ2n) is 11.5. The second-order valence-corrected chi connectivity index (χ2v) is 11.5. The van der Waals surface area contributed by atoms with Crippen molar-refractivity contribution in [3.8, 4) is 5.75 Å². The second kappa shape index (κ2) is 13.1. The van der Waals surface area contributed by atoms with Crippen LogP contribution in [-0.2, 0) is 4.79 Å². The van der Waals surface area contributed by atoms with Gasteiger partial charge in [0.25, 0.3) is 5.91 Å². The maximum Gasteiger partial charge on any atom is 0.251 e. The van der Waals surface area contributed by atoms with Crippen LogP contribution in [-0.4, -0.2) is 78.6 Å². The number of benzene rings is 1. The Hall–Kier alpha value is -3.40. The summed E-state index contributed by atoms with van der Waals surface area (Å²) < 4.78 is 5.66. The Balaban J connectivity index is 1.29. The predicted molar refractivity (Wildman–Crippen MR) is 162 cm³/mol. The lowest BCUT2D eigenvalue weighted by molar-refractivity contribution is -0.118. The molecule has 2 N–H and O–H groups in total. The minimum absolute atomic E-state index is 0.0727. The van der Waals surface area contributed by atoms with E-state index in [1.165, 1.54) is 12.8 Å². The number of methoxy groups -OCH3 is 1. The zero-order valence-corrected chi connectivity index (χ0v) is 25.0. The molecule has 222 valence electrons.